The van der Waals surface area contributed by atoms with E-state index in [1.807, 2.05) is 0 Å². The van der Waals surface area contributed by atoms with Gasteiger partial charge in [0.05, 0.1) is 11.5 Å². The van der Waals surface area contributed by atoms with Crippen molar-refractivity contribution in [3.05, 3.63) is 58.4 Å². The summed E-state index contributed by atoms with van der Waals surface area (Å²) in [4.78, 5) is 36.8. The molecule has 0 saturated carbocycles. The van der Waals surface area contributed by atoms with Gasteiger partial charge in [-0.15, -0.1) is 0 Å². The number of amides is 1. The SMILES string of the molecule is C=CCOC1=CC(=O)N([C@@H]2c3cc([N+](=O)[O-])ccc3OC(C)(C)[C@H]2OC(C)=O)C1. The standard InChI is InChI=1S/C20H22N2O7/c1-5-8-27-14-10-17(24)21(11-14)18-15-9-13(22(25)26)6-7-16(15)29-20(3,4)19(18)28-12(2)23/h5-7,9-10,18-19H,1,8,11H2,2-4H3/t18-,19+/m1/s1. The molecular weight excluding hydrogens is 380 g/mol. The Bertz CT molecular complexity index is 906. The minimum atomic E-state index is -0.982. The maximum Gasteiger partial charge on any atom is 0.303 e. The van der Waals surface area contributed by atoms with Crippen LogP contribution in [-0.2, 0) is 19.1 Å². The van der Waals surface area contributed by atoms with Crippen LogP contribution < -0.4 is 4.74 Å². The monoisotopic (exact) mass is 402 g/mol. The number of hydrogen-bond acceptors (Lipinski definition) is 7. The zero-order valence-electron chi connectivity index (χ0n) is 16.4. The summed E-state index contributed by atoms with van der Waals surface area (Å²) in [6, 6.07) is 3.39. The van der Waals surface area contributed by atoms with Crippen LogP contribution in [0.5, 0.6) is 5.75 Å². The van der Waals surface area contributed by atoms with E-state index in [2.05, 4.69) is 6.58 Å². The van der Waals surface area contributed by atoms with E-state index < -0.39 is 28.6 Å². The first-order chi connectivity index (χ1) is 13.6. The van der Waals surface area contributed by atoms with Gasteiger partial charge in [-0.25, -0.2) is 0 Å². The van der Waals surface area contributed by atoms with E-state index in [9.17, 15) is 19.7 Å². The maximum atomic E-state index is 12.7. The Morgan fingerprint density at radius 1 is 1.48 bits per heavy atom. The van der Waals surface area contributed by atoms with Crippen LogP contribution in [0.25, 0.3) is 0 Å². The Morgan fingerprint density at radius 2 is 2.21 bits per heavy atom. The number of hydrogen-bond donors (Lipinski definition) is 0. The third kappa shape index (κ3) is 3.94. The predicted octanol–water partition coefficient (Wildman–Crippen LogP) is 2.67. The molecule has 154 valence electrons. The molecule has 9 heteroatoms. The molecule has 2 aliphatic heterocycles. The highest BCUT2D eigenvalue weighted by Crippen LogP contribution is 2.46. The second-order valence-corrected chi connectivity index (χ2v) is 7.34. The first kappa shape index (κ1) is 20.4. The van der Waals surface area contributed by atoms with Gasteiger partial charge in [-0.3, -0.25) is 19.7 Å². The van der Waals surface area contributed by atoms with Gasteiger partial charge >= 0.3 is 5.97 Å². The highest BCUT2D eigenvalue weighted by Gasteiger charge is 2.51. The van der Waals surface area contributed by atoms with E-state index in [0.717, 1.165) is 0 Å². The van der Waals surface area contributed by atoms with Gasteiger partial charge in [0.15, 0.2) is 6.10 Å². The molecule has 9 nitrogen and oxygen atoms in total. The molecule has 0 N–H and O–H groups in total. The number of nitro benzene ring substituents is 1. The molecule has 1 aromatic carbocycles. The molecule has 3 rings (SSSR count). The summed E-state index contributed by atoms with van der Waals surface area (Å²) in [5.74, 6) is -0.0651. The number of nitro groups is 1. The van der Waals surface area contributed by atoms with Crippen molar-refractivity contribution in [2.45, 2.75) is 38.5 Å². The molecule has 2 aliphatic rings. The molecule has 0 spiro atoms. The number of esters is 1. The van der Waals surface area contributed by atoms with E-state index in [4.69, 9.17) is 14.2 Å². The van der Waals surface area contributed by atoms with Crippen LogP contribution in [0.15, 0.2) is 42.7 Å². The second-order valence-electron chi connectivity index (χ2n) is 7.34. The molecular formula is C20H22N2O7. The number of rotatable bonds is 6. The quantitative estimate of drug-likeness (QED) is 0.311. The lowest BCUT2D eigenvalue weighted by Crippen LogP contribution is -2.55. The van der Waals surface area contributed by atoms with Crippen molar-refractivity contribution in [2.24, 2.45) is 0 Å². The van der Waals surface area contributed by atoms with Crippen molar-refractivity contribution in [2.75, 3.05) is 13.2 Å². The molecule has 0 aromatic heterocycles. The normalized spacial score (nSPS) is 22.2. The summed E-state index contributed by atoms with van der Waals surface area (Å²) in [5.41, 5.74) is -0.734. The molecule has 2 heterocycles. The summed E-state index contributed by atoms with van der Waals surface area (Å²) in [6.07, 6.45) is 2.03. The first-order valence-corrected chi connectivity index (χ1v) is 9.03. The van der Waals surface area contributed by atoms with Crippen LogP contribution in [-0.4, -0.2) is 46.6 Å². The zero-order chi connectivity index (χ0) is 21.3. The minimum absolute atomic E-state index is 0.132. The molecule has 2 atom stereocenters. The van der Waals surface area contributed by atoms with Crippen LogP contribution in [0.4, 0.5) is 5.69 Å². The first-order valence-electron chi connectivity index (χ1n) is 9.03. The molecule has 1 aromatic rings. The topological polar surface area (TPSA) is 108 Å². The van der Waals surface area contributed by atoms with Crippen molar-refractivity contribution in [1.29, 1.82) is 0 Å². The molecule has 0 saturated heterocycles. The van der Waals surface area contributed by atoms with Crippen LogP contribution >= 0.6 is 0 Å². The Balaban J connectivity index is 2.08. The summed E-state index contributed by atoms with van der Waals surface area (Å²) in [5, 5.41) is 11.3. The fourth-order valence-corrected chi connectivity index (χ4v) is 3.58. The van der Waals surface area contributed by atoms with E-state index in [1.54, 1.807) is 19.9 Å². The van der Waals surface area contributed by atoms with Gasteiger partial charge in [-0.2, -0.15) is 0 Å². The lowest BCUT2D eigenvalue weighted by molar-refractivity contribution is -0.385. The fraction of sp³-hybridized carbons (Fsp3) is 0.400. The third-order valence-corrected chi connectivity index (χ3v) is 4.78. The largest absolute Gasteiger partial charge is 0.492 e. The predicted molar refractivity (Wildman–Crippen MR) is 102 cm³/mol. The Morgan fingerprint density at radius 3 is 2.83 bits per heavy atom. The van der Waals surface area contributed by atoms with E-state index in [0.29, 0.717) is 17.1 Å². The smallest absolute Gasteiger partial charge is 0.303 e. The highest BCUT2D eigenvalue weighted by molar-refractivity contribution is 5.91. The average Bonchev–Trinajstić information content (AvgIpc) is 2.99. The lowest BCUT2D eigenvalue weighted by Gasteiger charge is -2.46. The minimum Gasteiger partial charge on any atom is -0.492 e. The maximum absolute atomic E-state index is 12.7. The van der Waals surface area contributed by atoms with Crippen molar-refractivity contribution in [1.82, 2.24) is 4.90 Å². The number of nitrogens with zero attached hydrogens (tertiary/aromatic N) is 2. The van der Waals surface area contributed by atoms with E-state index >= 15 is 0 Å². The van der Waals surface area contributed by atoms with E-state index in [-0.39, 0.29) is 24.7 Å². The van der Waals surface area contributed by atoms with Crippen LogP contribution in [0.1, 0.15) is 32.4 Å². The van der Waals surface area contributed by atoms with Crippen LogP contribution in [0, 0.1) is 10.1 Å². The van der Waals surface area contributed by atoms with Crippen molar-refractivity contribution in [3.8, 4) is 5.75 Å². The van der Waals surface area contributed by atoms with Gasteiger partial charge in [-0.05, 0) is 19.9 Å². The molecule has 1 amide bonds. The number of ether oxygens (including phenoxy) is 3. The van der Waals surface area contributed by atoms with Gasteiger partial charge in [0.25, 0.3) is 11.6 Å². The van der Waals surface area contributed by atoms with Gasteiger partial charge in [0.2, 0.25) is 0 Å². The summed E-state index contributed by atoms with van der Waals surface area (Å²) in [7, 11) is 0. The summed E-state index contributed by atoms with van der Waals surface area (Å²) in [6.45, 7) is 8.69. The van der Waals surface area contributed by atoms with Gasteiger partial charge in [0.1, 0.15) is 29.8 Å². The highest BCUT2D eigenvalue weighted by atomic mass is 16.6. The lowest BCUT2D eigenvalue weighted by atomic mass is 9.85. The molecule has 0 unspecified atom stereocenters. The average molecular weight is 402 g/mol. The van der Waals surface area contributed by atoms with Crippen LogP contribution in [0.3, 0.4) is 0 Å². The number of carbonyl (C=O) groups is 2. The van der Waals surface area contributed by atoms with Crippen molar-refractivity contribution in [3.63, 3.8) is 0 Å². The van der Waals surface area contributed by atoms with Gasteiger partial charge in [-0.1, -0.05) is 12.7 Å². The Labute approximate surface area is 167 Å². The second kappa shape index (κ2) is 7.57. The van der Waals surface area contributed by atoms with Crippen molar-refractivity contribution >= 4 is 17.6 Å². The third-order valence-electron chi connectivity index (χ3n) is 4.78. The van der Waals surface area contributed by atoms with Gasteiger partial charge < -0.3 is 19.1 Å². The molecule has 0 bridgehead atoms. The Hall–Kier alpha value is -3.36. The number of non-ortho nitro benzene ring substituents is 1. The van der Waals surface area contributed by atoms with E-state index in [1.165, 1.54) is 36.1 Å². The zero-order valence-corrected chi connectivity index (χ0v) is 16.4. The summed E-state index contributed by atoms with van der Waals surface area (Å²) < 4.78 is 17.0. The number of carbonyl (C=O) groups excluding carboxylic acids is 2. The fourth-order valence-electron chi connectivity index (χ4n) is 3.58. The molecule has 29 heavy (non-hydrogen) atoms. The molecule has 0 aliphatic carbocycles. The summed E-state index contributed by atoms with van der Waals surface area (Å²) >= 11 is 0. The van der Waals surface area contributed by atoms with Gasteiger partial charge in [0, 0.05) is 30.7 Å². The Kier molecular flexibility index (Phi) is 5.32. The number of fused-ring (bicyclic) bond motifs is 1. The molecule has 0 radical (unpaired) electrons. The van der Waals surface area contributed by atoms with Crippen LogP contribution in [0.2, 0.25) is 0 Å². The van der Waals surface area contributed by atoms with Crippen molar-refractivity contribution < 1.29 is 28.7 Å². The molecule has 0 fully saturated rings. The number of benzene rings is 1.